The normalized spacial score (nSPS) is 27.8. The number of esters is 1. The van der Waals surface area contributed by atoms with Gasteiger partial charge in [-0.05, 0) is 52.0 Å². The summed E-state index contributed by atoms with van der Waals surface area (Å²) in [5.74, 6) is -1.37. The number of nitrogens with zero attached hydrogens (tertiary/aromatic N) is 2. The first kappa shape index (κ1) is 21.7. The van der Waals surface area contributed by atoms with Crippen molar-refractivity contribution in [1.29, 1.82) is 0 Å². The van der Waals surface area contributed by atoms with Gasteiger partial charge in [0.2, 0.25) is 0 Å². The Morgan fingerprint density at radius 2 is 2.11 bits per heavy atom. The molecule has 0 bridgehead atoms. The average Bonchev–Trinajstić information content (AvgIpc) is 2.66. The Morgan fingerprint density at radius 3 is 2.81 bits per heavy atom. The topological polar surface area (TPSA) is 51.1 Å². The smallest absolute Gasteiger partial charge is 0.393 e. The molecule has 0 aromatic heterocycles. The van der Waals surface area contributed by atoms with E-state index >= 15 is 0 Å². The van der Waals surface area contributed by atoms with E-state index < -0.39 is 18.1 Å². The van der Waals surface area contributed by atoms with Crippen molar-refractivity contribution in [2.45, 2.75) is 58.2 Å². The van der Waals surface area contributed by atoms with Crippen molar-refractivity contribution in [3.63, 3.8) is 0 Å². The maximum Gasteiger partial charge on any atom is 0.393 e. The van der Waals surface area contributed by atoms with E-state index in [0.717, 1.165) is 0 Å². The van der Waals surface area contributed by atoms with E-state index in [-0.39, 0.29) is 25.6 Å². The number of halogens is 3. The van der Waals surface area contributed by atoms with E-state index in [9.17, 15) is 18.0 Å². The van der Waals surface area contributed by atoms with Gasteiger partial charge in [-0.1, -0.05) is 0 Å². The lowest BCUT2D eigenvalue weighted by molar-refractivity contribution is -0.183. The van der Waals surface area contributed by atoms with Crippen LogP contribution in [0.5, 0.6) is 0 Å². The van der Waals surface area contributed by atoms with Crippen LogP contribution in [0.3, 0.4) is 0 Å². The van der Waals surface area contributed by atoms with Gasteiger partial charge in [0.15, 0.2) is 0 Å². The van der Waals surface area contributed by atoms with E-state index in [1.54, 1.807) is 17.9 Å². The Hall–Kier alpha value is -1.57. The Kier molecular flexibility index (Phi) is 8.13. The van der Waals surface area contributed by atoms with Gasteiger partial charge in [-0.3, -0.25) is 4.99 Å². The Labute approximate surface area is 158 Å². The van der Waals surface area contributed by atoms with Crippen molar-refractivity contribution in [3.8, 4) is 0 Å². The number of hydrogen-bond donors (Lipinski definition) is 0. The van der Waals surface area contributed by atoms with Crippen LogP contribution in [0, 0.1) is 5.92 Å². The lowest BCUT2D eigenvalue weighted by atomic mass is 9.97. The summed E-state index contributed by atoms with van der Waals surface area (Å²) >= 11 is 0. The molecule has 2 aliphatic heterocycles. The van der Waals surface area contributed by atoms with E-state index in [2.05, 4.69) is 4.99 Å². The monoisotopic (exact) mass is 390 g/mol. The third kappa shape index (κ3) is 6.83. The number of aliphatic imine (C=N–C) groups is 1. The molecule has 0 radical (unpaired) electrons. The number of piperidine rings is 1. The second-order valence-electron chi connectivity index (χ2n) is 7.06. The molecular formula is C19H29F3N2O3. The number of amidine groups is 1. The van der Waals surface area contributed by atoms with Gasteiger partial charge in [0, 0.05) is 31.9 Å². The number of rotatable bonds is 2. The van der Waals surface area contributed by atoms with Gasteiger partial charge in [-0.15, -0.1) is 0 Å². The number of ether oxygens (including phenoxy) is 2. The molecule has 2 unspecified atom stereocenters. The number of carbonyl (C=O) groups excluding carboxylic acids is 1. The molecule has 2 heterocycles. The second-order valence-corrected chi connectivity index (χ2v) is 7.06. The minimum absolute atomic E-state index is 0.107. The lowest BCUT2D eigenvalue weighted by Crippen LogP contribution is -2.44. The van der Waals surface area contributed by atoms with Crippen LogP contribution in [0.4, 0.5) is 13.2 Å². The average molecular weight is 390 g/mol. The van der Waals surface area contributed by atoms with Crippen LogP contribution in [-0.4, -0.2) is 61.8 Å². The summed E-state index contributed by atoms with van der Waals surface area (Å²) in [7, 11) is 0. The Morgan fingerprint density at radius 1 is 1.33 bits per heavy atom. The Bertz CT molecular complexity index is 561. The highest BCUT2D eigenvalue weighted by Crippen LogP contribution is 2.33. The van der Waals surface area contributed by atoms with Gasteiger partial charge in [0.05, 0.1) is 18.6 Å². The molecule has 0 aliphatic carbocycles. The fourth-order valence-corrected chi connectivity index (χ4v) is 3.29. The number of alkyl halides is 3. The second kappa shape index (κ2) is 10.1. The highest BCUT2D eigenvalue weighted by atomic mass is 19.4. The van der Waals surface area contributed by atoms with Crippen molar-refractivity contribution >= 4 is 11.8 Å². The first-order valence-electron chi connectivity index (χ1n) is 9.66. The molecule has 2 aliphatic rings. The zero-order valence-electron chi connectivity index (χ0n) is 16.1. The molecule has 1 fully saturated rings. The van der Waals surface area contributed by atoms with Crippen LogP contribution < -0.4 is 0 Å². The van der Waals surface area contributed by atoms with Gasteiger partial charge in [0.25, 0.3) is 0 Å². The summed E-state index contributed by atoms with van der Waals surface area (Å²) < 4.78 is 50.3. The maximum atomic E-state index is 13.2. The fourth-order valence-electron chi connectivity index (χ4n) is 3.29. The van der Waals surface area contributed by atoms with Gasteiger partial charge < -0.3 is 14.4 Å². The minimum atomic E-state index is -4.22. The molecule has 8 heteroatoms. The largest absolute Gasteiger partial charge is 0.463 e. The first-order valence-corrected chi connectivity index (χ1v) is 9.66. The summed E-state index contributed by atoms with van der Waals surface area (Å²) in [5, 5.41) is 0. The molecule has 0 aromatic carbocycles. The van der Waals surface area contributed by atoms with Gasteiger partial charge in [-0.2, -0.15) is 13.2 Å². The van der Waals surface area contributed by atoms with Crippen LogP contribution in [0.2, 0.25) is 0 Å². The number of hydrogen-bond acceptors (Lipinski definition) is 5. The third-order valence-electron chi connectivity index (χ3n) is 4.82. The molecule has 0 amide bonds. The molecule has 0 aromatic rings. The summed E-state index contributed by atoms with van der Waals surface area (Å²) in [6.07, 6.45) is -0.240. The fraction of sp³-hybridized carbons (Fsp3) is 0.789. The molecule has 5 nitrogen and oxygen atoms in total. The molecule has 0 saturated carbocycles. The van der Waals surface area contributed by atoms with Crippen LogP contribution in [0.1, 0.15) is 46.0 Å². The molecule has 27 heavy (non-hydrogen) atoms. The van der Waals surface area contributed by atoms with Gasteiger partial charge in [0.1, 0.15) is 5.84 Å². The van der Waals surface area contributed by atoms with Crippen molar-refractivity contribution in [2.24, 2.45) is 10.9 Å². The predicted molar refractivity (Wildman–Crippen MR) is 96.6 cm³/mol. The van der Waals surface area contributed by atoms with Crippen molar-refractivity contribution in [2.75, 3.05) is 32.9 Å². The zero-order chi connectivity index (χ0) is 19.9. The molecule has 2 atom stereocenters. The predicted octanol–water partition coefficient (Wildman–Crippen LogP) is 3.74. The standard InChI is InChI=1S/C19H29F3N2O3/c1-3-27-18(25)15-6-5-10-26-11-8-14(2)23-17(12-15)24-9-4-7-16(13-24)19(20,21)22/h12,14,16H,3-11,13H2,1-2H3/b15-12+,23-17?. The van der Waals surface area contributed by atoms with Crippen molar-refractivity contribution in [1.82, 2.24) is 4.90 Å². The highest BCUT2D eigenvalue weighted by Gasteiger charge is 2.42. The third-order valence-corrected chi connectivity index (χ3v) is 4.82. The molecule has 0 N–H and O–H groups in total. The Balaban J connectivity index is 2.31. The summed E-state index contributed by atoms with van der Waals surface area (Å²) in [6, 6.07) is -0.107. The van der Waals surface area contributed by atoms with E-state index in [1.165, 1.54) is 0 Å². The number of likely N-dealkylation sites (tertiary alicyclic amines) is 1. The molecular weight excluding hydrogens is 361 g/mol. The quantitative estimate of drug-likeness (QED) is 0.674. The summed E-state index contributed by atoms with van der Waals surface area (Å²) in [4.78, 5) is 18.6. The van der Waals surface area contributed by atoms with Crippen molar-refractivity contribution in [3.05, 3.63) is 11.6 Å². The molecule has 2 rings (SSSR count). The first-order chi connectivity index (χ1) is 12.8. The molecule has 1 saturated heterocycles. The van der Waals surface area contributed by atoms with Gasteiger partial charge in [-0.25, -0.2) is 4.79 Å². The van der Waals surface area contributed by atoms with E-state index in [0.29, 0.717) is 56.9 Å². The van der Waals surface area contributed by atoms with Crippen molar-refractivity contribution < 1.29 is 27.4 Å². The summed E-state index contributed by atoms with van der Waals surface area (Å²) in [5.41, 5.74) is 0.433. The zero-order valence-corrected chi connectivity index (χ0v) is 16.1. The SMILES string of the molecule is CCOC(=O)/C1=C/C(N2CCCC(C(F)(F)F)C2)=NC(C)CCOCCC1. The van der Waals surface area contributed by atoms with Crippen LogP contribution >= 0.6 is 0 Å². The van der Waals surface area contributed by atoms with Crippen LogP contribution in [-0.2, 0) is 14.3 Å². The van der Waals surface area contributed by atoms with Gasteiger partial charge >= 0.3 is 12.1 Å². The summed E-state index contributed by atoms with van der Waals surface area (Å²) in [6.45, 7) is 5.32. The van der Waals surface area contributed by atoms with Crippen LogP contribution in [0.25, 0.3) is 0 Å². The maximum absolute atomic E-state index is 13.2. The molecule has 0 spiro atoms. The molecule has 154 valence electrons. The highest BCUT2D eigenvalue weighted by molar-refractivity contribution is 6.01. The number of carbonyl (C=O) groups is 1. The van der Waals surface area contributed by atoms with E-state index in [1.807, 2.05) is 6.92 Å². The minimum Gasteiger partial charge on any atom is -0.463 e. The van der Waals surface area contributed by atoms with Crippen LogP contribution in [0.15, 0.2) is 16.6 Å². The lowest BCUT2D eigenvalue weighted by Gasteiger charge is -2.35. The van der Waals surface area contributed by atoms with E-state index in [4.69, 9.17) is 9.47 Å².